The summed E-state index contributed by atoms with van der Waals surface area (Å²) in [7, 11) is 0. The molecule has 0 saturated carbocycles. The summed E-state index contributed by atoms with van der Waals surface area (Å²) in [4.78, 5) is 0. The lowest BCUT2D eigenvalue weighted by Gasteiger charge is -2.43. The minimum absolute atomic E-state index is 0.229. The predicted octanol–water partition coefficient (Wildman–Crippen LogP) is 10.1. The molecule has 1 unspecified atom stereocenters. The molecule has 6 rings (SSSR count). The van der Waals surface area contributed by atoms with Gasteiger partial charge in [-0.2, -0.15) is 0 Å². The molecule has 65 heavy (non-hydrogen) atoms. The fourth-order valence-corrected chi connectivity index (χ4v) is 9.07. The number of benzene rings is 6. The Morgan fingerprint density at radius 2 is 0.754 bits per heavy atom. The van der Waals surface area contributed by atoms with Crippen molar-refractivity contribution < 1.29 is 35.0 Å². The molecule has 344 valence electrons. The highest BCUT2D eigenvalue weighted by Gasteiger charge is 2.46. The van der Waals surface area contributed by atoms with Crippen LogP contribution in [0.15, 0.2) is 158 Å². The van der Waals surface area contributed by atoms with Gasteiger partial charge in [0, 0.05) is 27.2 Å². The number of ether oxygens (including phenoxy) is 2. The van der Waals surface area contributed by atoms with Gasteiger partial charge in [0.2, 0.25) is 0 Å². The topological polar surface area (TPSA) is 120 Å². The second-order valence-corrected chi connectivity index (χ2v) is 20.1. The summed E-state index contributed by atoms with van der Waals surface area (Å²) >= 11 is 0. The van der Waals surface area contributed by atoms with Crippen molar-refractivity contribution in [3.05, 3.63) is 208 Å². The van der Waals surface area contributed by atoms with Gasteiger partial charge in [0.1, 0.15) is 11.9 Å². The summed E-state index contributed by atoms with van der Waals surface area (Å²) in [6.45, 7) is 14.5. The third-order valence-electron chi connectivity index (χ3n) is 14.3. The Bertz CT molecular complexity index is 2410. The lowest BCUT2D eigenvalue weighted by molar-refractivity contribution is -0.122. The summed E-state index contributed by atoms with van der Waals surface area (Å²) in [6, 6.07) is 54.4. The Balaban J connectivity index is 1.64. The van der Waals surface area contributed by atoms with Crippen molar-refractivity contribution in [2.45, 2.75) is 83.2 Å². The van der Waals surface area contributed by atoms with E-state index in [9.17, 15) is 25.5 Å². The molecule has 0 heterocycles. The van der Waals surface area contributed by atoms with Crippen molar-refractivity contribution in [2.24, 2.45) is 10.8 Å². The van der Waals surface area contributed by atoms with Crippen molar-refractivity contribution in [2.75, 3.05) is 46.2 Å². The number of rotatable bonds is 21. The first-order valence-corrected chi connectivity index (χ1v) is 22.8. The average Bonchev–Trinajstić information content (AvgIpc) is 3.34. The molecule has 6 aromatic carbocycles. The monoisotopic (exact) mass is 879 g/mol. The molecular weight excluding hydrogens is 809 g/mol. The van der Waals surface area contributed by atoms with Crippen LogP contribution < -0.4 is 4.74 Å². The Hall–Kier alpha value is -5.12. The quantitative estimate of drug-likeness (QED) is 0.0489. The molecule has 6 aromatic rings. The molecule has 0 aromatic heterocycles. The molecule has 0 amide bonds. The summed E-state index contributed by atoms with van der Waals surface area (Å²) in [6.07, 6.45) is -1.02. The van der Waals surface area contributed by atoms with Crippen molar-refractivity contribution in [3.63, 3.8) is 0 Å². The molecule has 7 nitrogen and oxygen atoms in total. The number of hydrogen-bond acceptors (Lipinski definition) is 7. The van der Waals surface area contributed by atoms with Crippen LogP contribution in [0, 0.1) is 10.8 Å². The maximum atomic E-state index is 11.7. The first kappa shape index (κ1) is 49.3. The van der Waals surface area contributed by atoms with Gasteiger partial charge in [0.05, 0.1) is 57.1 Å². The molecule has 0 aliphatic rings. The lowest BCUT2D eigenvalue weighted by Crippen LogP contribution is -2.46. The third kappa shape index (κ3) is 10.0. The smallest absolute Gasteiger partial charge is 0.136 e. The van der Waals surface area contributed by atoms with E-state index in [1.807, 2.05) is 54.6 Å². The fraction of sp³-hybridized carbons (Fsp3) is 0.379. The Morgan fingerprint density at radius 3 is 1.15 bits per heavy atom. The van der Waals surface area contributed by atoms with Crippen LogP contribution in [-0.4, -0.2) is 71.8 Å². The van der Waals surface area contributed by atoms with Crippen LogP contribution in [0.2, 0.25) is 0 Å². The van der Waals surface area contributed by atoms with Gasteiger partial charge in [-0.15, -0.1) is 0 Å². The van der Waals surface area contributed by atoms with Crippen LogP contribution in [0.1, 0.15) is 112 Å². The van der Waals surface area contributed by atoms with Gasteiger partial charge < -0.3 is 35.0 Å². The van der Waals surface area contributed by atoms with E-state index in [2.05, 4.69) is 159 Å². The van der Waals surface area contributed by atoms with Crippen LogP contribution in [0.25, 0.3) is 0 Å². The SMILES string of the molecule is CC(C)(c1ccccc1)c1ccc(OC(c2ccc(C(C)(C)c3ccccc3)cc2C(C)(C)c2ccccc2)C(CO)(CO)COCC(CO)(CO)CO)c(C(C)(C)c2ccccc2)c1. The van der Waals surface area contributed by atoms with E-state index in [1.165, 1.54) is 5.56 Å². The second-order valence-electron chi connectivity index (χ2n) is 20.1. The summed E-state index contributed by atoms with van der Waals surface area (Å²) in [5.41, 5.74) is 4.48. The zero-order valence-corrected chi connectivity index (χ0v) is 39.6. The fourth-order valence-electron chi connectivity index (χ4n) is 9.07. The Kier molecular flexibility index (Phi) is 15.3. The van der Waals surface area contributed by atoms with Crippen LogP contribution in [0.3, 0.4) is 0 Å². The average molecular weight is 879 g/mol. The van der Waals surface area contributed by atoms with E-state index >= 15 is 0 Å². The van der Waals surface area contributed by atoms with Gasteiger partial charge in [-0.05, 0) is 50.6 Å². The van der Waals surface area contributed by atoms with Crippen LogP contribution in [0.5, 0.6) is 5.75 Å². The largest absolute Gasteiger partial charge is 0.485 e. The molecule has 0 saturated heterocycles. The number of aliphatic hydroxyl groups excluding tert-OH is 5. The van der Waals surface area contributed by atoms with E-state index in [-0.39, 0.29) is 18.6 Å². The molecule has 0 radical (unpaired) electrons. The third-order valence-corrected chi connectivity index (χ3v) is 14.3. The predicted molar refractivity (Wildman–Crippen MR) is 262 cm³/mol. The molecule has 0 bridgehead atoms. The summed E-state index contributed by atoms with van der Waals surface area (Å²) in [5.74, 6) is 0.579. The second kappa shape index (κ2) is 20.2. The molecular formula is C58H70O7. The molecule has 7 heteroatoms. The standard InChI is InChI=1S/C58H70O7/c1-53(2,42-21-13-9-14-22-42)46-29-31-48(49(33-46)55(5,6)44-25-17-11-18-26-44)52(58(38-62,39-63)41-64-40-57(35-59,36-60)37-61)65-51-32-30-47(54(3,4)43-23-15-10-16-24-43)34-50(51)56(7,8)45-27-19-12-20-28-45/h9-34,52,59-63H,35-41H2,1-8H3. The van der Waals surface area contributed by atoms with Gasteiger partial charge in [0.15, 0.2) is 0 Å². The van der Waals surface area contributed by atoms with E-state index in [0.717, 1.165) is 44.5 Å². The summed E-state index contributed by atoms with van der Waals surface area (Å²) < 4.78 is 13.9. The van der Waals surface area contributed by atoms with Gasteiger partial charge in [0.25, 0.3) is 0 Å². The molecule has 5 N–H and O–H groups in total. The minimum atomic E-state index is -1.49. The highest BCUT2D eigenvalue weighted by Crippen LogP contribution is 2.49. The zero-order chi connectivity index (χ0) is 47.1. The molecule has 0 aliphatic heterocycles. The molecule has 0 fully saturated rings. The van der Waals surface area contributed by atoms with Gasteiger partial charge in [-0.25, -0.2) is 0 Å². The van der Waals surface area contributed by atoms with Crippen molar-refractivity contribution in [1.29, 1.82) is 0 Å². The van der Waals surface area contributed by atoms with E-state index in [1.54, 1.807) is 0 Å². The maximum absolute atomic E-state index is 11.7. The highest BCUT2D eigenvalue weighted by molar-refractivity contribution is 5.53. The number of hydrogen-bond donors (Lipinski definition) is 5. The number of aliphatic hydroxyl groups is 5. The highest BCUT2D eigenvalue weighted by atomic mass is 16.5. The first-order chi connectivity index (χ1) is 31.0. The van der Waals surface area contributed by atoms with Crippen molar-refractivity contribution in [1.82, 2.24) is 0 Å². The van der Waals surface area contributed by atoms with E-state index < -0.39 is 66.2 Å². The van der Waals surface area contributed by atoms with Gasteiger partial charge >= 0.3 is 0 Å². The maximum Gasteiger partial charge on any atom is 0.136 e. The normalized spacial score (nSPS) is 13.4. The minimum Gasteiger partial charge on any atom is -0.485 e. The lowest BCUT2D eigenvalue weighted by atomic mass is 9.68. The molecule has 0 aliphatic carbocycles. The van der Waals surface area contributed by atoms with E-state index in [4.69, 9.17) is 9.47 Å². The Labute approximate surface area is 387 Å². The van der Waals surface area contributed by atoms with Crippen LogP contribution >= 0.6 is 0 Å². The van der Waals surface area contributed by atoms with Gasteiger partial charge in [-0.1, -0.05) is 207 Å². The van der Waals surface area contributed by atoms with E-state index in [0.29, 0.717) is 5.75 Å². The van der Waals surface area contributed by atoms with Crippen LogP contribution in [-0.2, 0) is 26.4 Å². The van der Waals surface area contributed by atoms with Crippen molar-refractivity contribution >= 4 is 0 Å². The Morgan fingerprint density at radius 1 is 0.385 bits per heavy atom. The van der Waals surface area contributed by atoms with Crippen molar-refractivity contribution in [3.8, 4) is 5.75 Å². The molecule has 1 atom stereocenters. The summed E-state index contributed by atoms with van der Waals surface area (Å²) in [5, 5.41) is 54.2. The van der Waals surface area contributed by atoms with Gasteiger partial charge in [-0.3, -0.25) is 0 Å². The zero-order valence-electron chi connectivity index (χ0n) is 39.6. The molecule has 0 spiro atoms. The van der Waals surface area contributed by atoms with Crippen LogP contribution in [0.4, 0.5) is 0 Å². The first-order valence-electron chi connectivity index (χ1n) is 22.8.